The highest BCUT2D eigenvalue weighted by Crippen LogP contribution is 2.38. The lowest BCUT2D eigenvalue weighted by atomic mass is 10.1. The highest BCUT2D eigenvalue weighted by atomic mass is 16.5. The van der Waals surface area contributed by atoms with Gasteiger partial charge in [0.15, 0.2) is 11.5 Å². The van der Waals surface area contributed by atoms with E-state index in [9.17, 15) is 4.79 Å². The molecular weight excluding hydrogens is 236 g/mol. The molecule has 6 nitrogen and oxygen atoms in total. The maximum Gasteiger partial charge on any atom is 0.238 e. The van der Waals surface area contributed by atoms with Crippen LogP contribution in [0.25, 0.3) is 0 Å². The summed E-state index contributed by atoms with van der Waals surface area (Å²) in [6, 6.07) is 3.49. The SMILES string of the molecule is CNNC(=O)Cc1cc(OC)c(OC)c(OC)c1. The second-order valence-electron chi connectivity index (χ2n) is 3.51. The molecule has 1 amide bonds. The number of hydrogen-bond donors (Lipinski definition) is 2. The second-order valence-corrected chi connectivity index (χ2v) is 3.51. The summed E-state index contributed by atoms with van der Waals surface area (Å²) in [5.74, 6) is 1.43. The van der Waals surface area contributed by atoms with Crippen molar-refractivity contribution in [3.63, 3.8) is 0 Å². The normalized spacial score (nSPS) is 9.78. The third-order valence-corrected chi connectivity index (χ3v) is 2.35. The average molecular weight is 254 g/mol. The maximum absolute atomic E-state index is 11.5. The summed E-state index contributed by atoms with van der Waals surface area (Å²) in [7, 11) is 6.24. The summed E-state index contributed by atoms with van der Waals surface area (Å²) in [4.78, 5) is 11.5. The fourth-order valence-electron chi connectivity index (χ4n) is 1.61. The second kappa shape index (κ2) is 6.70. The summed E-state index contributed by atoms with van der Waals surface area (Å²) < 4.78 is 15.6. The van der Waals surface area contributed by atoms with Gasteiger partial charge in [0.2, 0.25) is 11.7 Å². The molecule has 6 heteroatoms. The smallest absolute Gasteiger partial charge is 0.238 e. The molecule has 0 aliphatic heterocycles. The molecule has 0 aromatic heterocycles. The van der Waals surface area contributed by atoms with Crippen molar-refractivity contribution < 1.29 is 19.0 Å². The molecule has 100 valence electrons. The summed E-state index contributed by atoms with van der Waals surface area (Å²) in [5, 5.41) is 0. The van der Waals surface area contributed by atoms with E-state index in [-0.39, 0.29) is 12.3 Å². The molecule has 1 rings (SSSR count). The first kappa shape index (κ1) is 14.1. The van der Waals surface area contributed by atoms with Crippen molar-refractivity contribution in [1.29, 1.82) is 0 Å². The molecule has 0 radical (unpaired) electrons. The Hall–Kier alpha value is -1.95. The molecule has 1 aromatic carbocycles. The summed E-state index contributed by atoms with van der Waals surface area (Å²) in [6.45, 7) is 0. The Morgan fingerprint density at radius 3 is 2.06 bits per heavy atom. The van der Waals surface area contributed by atoms with E-state index in [1.165, 1.54) is 21.3 Å². The van der Waals surface area contributed by atoms with Crippen LogP contribution in [0.3, 0.4) is 0 Å². The Bertz CT molecular complexity index is 396. The number of benzene rings is 1. The Kier molecular flexibility index (Phi) is 5.26. The van der Waals surface area contributed by atoms with Crippen molar-refractivity contribution in [3.8, 4) is 17.2 Å². The van der Waals surface area contributed by atoms with Crippen LogP contribution in [0.1, 0.15) is 5.56 Å². The number of ether oxygens (including phenoxy) is 3. The number of hydrazine groups is 1. The largest absolute Gasteiger partial charge is 0.493 e. The molecule has 2 N–H and O–H groups in total. The topological polar surface area (TPSA) is 68.8 Å². The van der Waals surface area contributed by atoms with E-state index in [4.69, 9.17) is 14.2 Å². The number of hydrogen-bond acceptors (Lipinski definition) is 5. The molecule has 0 aliphatic carbocycles. The van der Waals surface area contributed by atoms with Gasteiger partial charge in [-0.2, -0.15) is 0 Å². The highest BCUT2D eigenvalue weighted by Gasteiger charge is 2.14. The first-order valence-corrected chi connectivity index (χ1v) is 5.40. The lowest BCUT2D eigenvalue weighted by molar-refractivity contribution is -0.121. The van der Waals surface area contributed by atoms with Crippen LogP contribution in [0.2, 0.25) is 0 Å². The number of amides is 1. The first-order chi connectivity index (χ1) is 8.65. The third-order valence-electron chi connectivity index (χ3n) is 2.35. The van der Waals surface area contributed by atoms with Gasteiger partial charge in [-0.25, -0.2) is 5.43 Å². The average Bonchev–Trinajstić information content (AvgIpc) is 2.37. The van der Waals surface area contributed by atoms with Gasteiger partial charge in [-0.3, -0.25) is 10.2 Å². The van der Waals surface area contributed by atoms with Gasteiger partial charge < -0.3 is 14.2 Å². The van der Waals surface area contributed by atoms with Crippen molar-refractivity contribution in [3.05, 3.63) is 17.7 Å². The Labute approximate surface area is 106 Å². The lowest BCUT2D eigenvalue weighted by Crippen LogP contribution is -2.35. The van der Waals surface area contributed by atoms with Crippen LogP contribution in [0.15, 0.2) is 12.1 Å². The molecule has 0 saturated carbocycles. The molecule has 0 bridgehead atoms. The number of nitrogens with one attached hydrogen (secondary N) is 2. The Balaban J connectivity index is 3.03. The predicted octanol–water partition coefficient (Wildman–Crippen LogP) is 0.506. The molecule has 0 atom stereocenters. The van der Waals surface area contributed by atoms with Crippen LogP contribution in [-0.2, 0) is 11.2 Å². The van der Waals surface area contributed by atoms with Crippen molar-refractivity contribution in [1.82, 2.24) is 10.9 Å². The van der Waals surface area contributed by atoms with E-state index in [1.54, 1.807) is 19.2 Å². The van der Waals surface area contributed by atoms with E-state index in [1.807, 2.05) is 0 Å². The van der Waals surface area contributed by atoms with Gasteiger partial charge in [-0.15, -0.1) is 0 Å². The molecule has 0 spiro atoms. The molecule has 0 aliphatic rings. The van der Waals surface area contributed by atoms with Crippen LogP contribution >= 0.6 is 0 Å². The van der Waals surface area contributed by atoms with E-state index in [2.05, 4.69) is 10.9 Å². The fraction of sp³-hybridized carbons (Fsp3) is 0.417. The van der Waals surface area contributed by atoms with Crippen molar-refractivity contribution in [2.75, 3.05) is 28.4 Å². The summed E-state index contributed by atoms with van der Waals surface area (Å²) in [5.41, 5.74) is 5.85. The van der Waals surface area contributed by atoms with Crippen LogP contribution in [0.4, 0.5) is 0 Å². The van der Waals surface area contributed by atoms with Crippen LogP contribution in [0, 0.1) is 0 Å². The van der Waals surface area contributed by atoms with Crippen molar-refractivity contribution in [2.24, 2.45) is 0 Å². The van der Waals surface area contributed by atoms with E-state index >= 15 is 0 Å². The quantitative estimate of drug-likeness (QED) is 0.724. The first-order valence-electron chi connectivity index (χ1n) is 5.40. The Morgan fingerprint density at radius 1 is 1.11 bits per heavy atom. The van der Waals surface area contributed by atoms with Crippen LogP contribution < -0.4 is 25.1 Å². The minimum Gasteiger partial charge on any atom is -0.493 e. The Morgan fingerprint density at radius 2 is 1.67 bits per heavy atom. The van der Waals surface area contributed by atoms with Gasteiger partial charge in [0, 0.05) is 7.05 Å². The zero-order valence-electron chi connectivity index (χ0n) is 11.0. The molecule has 0 unspecified atom stereocenters. The molecule has 1 aromatic rings. The van der Waals surface area contributed by atoms with Gasteiger partial charge in [-0.05, 0) is 17.7 Å². The van der Waals surface area contributed by atoms with Crippen molar-refractivity contribution >= 4 is 5.91 Å². The summed E-state index contributed by atoms with van der Waals surface area (Å²) >= 11 is 0. The van der Waals surface area contributed by atoms with E-state index < -0.39 is 0 Å². The van der Waals surface area contributed by atoms with Gasteiger partial charge in [0.1, 0.15) is 0 Å². The molecule has 0 fully saturated rings. The number of carbonyl (C=O) groups is 1. The molecule has 0 saturated heterocycles. The number of methoxy groups -OCH3 is 3. The van der Waals surface area contributed by atoms with Gasteiger partial charge in [-0.1, -0.05) is 0 Å². The molecular formula is C12H18N2O4. The number of carbonyl (C=O) groups excluding carboxylic acids is 1. The minimum absolute atomic E-state index is 0.147. The standard InChI is InChI=1S/C12H18N2O4/c1-13-14-11(15)7-8-5-9(16-2)12(18-4)10(6-8)17-3/h5-6,13H,7H2,1-4H3,(H,14,15). The van der Waals surface area contributed by atoms with Crippen LogP contribution in [-0.4, -0.2) is 34.3 Å². The fourth-order valence-corrected chi connectivity index (χ4v) is 1.61. The van der Waals surface area contributed by atoms with Gasteiger partial charge >= 0.3 is 0 Å². The third kappa shape index (κ3) is 3.27. The molecule has 0 heterocycles. The number of rotatable bonds is 6. The lowest BCUT2D eigenvalue weighted by Gasteiger charge is -2.14. The zero-order chi connectivity index (χ0) is 13.5. The van der Waals surface area contributed by atoms with E-state index in [0.29, 0.717) is 17.2 Å². The maximum atomic E-state index is 11.5. The van der Waals surface area contributed by atoms with E-state index in [0.717, 1.165) is 5.56 Å². The van der Waals surface area contributed by atoms with Crippen LogP contribution in [0.5, 0.6) is 17.2 Å². The minimum atomic E-state index is -0.147. The van der Waals surface area contributed by atoms with Gasteiger partial charge in [0.25, 0.3) is 0 Å². The monoisotopic (exact) mass is 254 g/mol. The van der Waals surface area contributed by atoms with Crippen molar-refractivity contribution in [2.45, 2.75) is 6.42 Å². The molecule has 18 heavy (non-hydrogen) atoms. The summed E-state index contributed by atoms with van der Waals surface area (Å²) in [6.07, 6.45) is 0.220. The highest BCUT2D eigenvalue weighted by molar-refractivity contribution is 5.78. The van der Waals surface area contributed by atoms with Gasteiger partial charge in [0.05, 0.1) is 27.8 Å². The zero-order valence-corrected chi connectivity index (χ0v) is 11.0. The predicted molar refractivity (Wildman–Crippen MR) is 67.0 cm³/mol.